The molecule has 3 saturated carbocycles. The number of fused-ring (bicyclic) bond motifs is 6. The predicted octanol–water partition coefficient (Wildman–Crippen LogP) is 2.36. The number of nitrogens with zero attached hydrogens (tertiary/aromatic N) is 3. The Hall–Kier alpha value is -2.27. The van der Waals surface area contributed by atoms with E-state index in [2.05, 4.69) is 21.9 Å². The van der Waals surface area contributed by atoms with Gasteiger partial charge in [0.2, 0.25) is 0 Å². The molecule has 2 heterocycles. The summed E-state index contributed by atoms with van der Waals surface area (Å²) in [6, 6.07) is 0. The quantitative estimate of drug-likeness (QED) is 0.459. The van der Waals surface area contributed by atoms with Crippen molar-refractivity contribution in [3.05, 3.63) is 28.9 Å². The fourth-order valence-corrected chi connectivity index (χ4v) is 9.16. The highest BCUT2D eigenvalue weighted by Gasteiger charge is 2.74. The van der Waals surface area contributed by atoms with E-state index in [4.69, 9.17) is 12.2 Å². The standard InChI is InChI=1S/C26H32N4O5S/c1-23-7-5-15(32)9-14(23)3-4-17-16-6-8-25(35,19(34)11-31)24(16,2)10-18(33)26(17,23)30-13-29-20-21(30)27-12-28-22(20)36/h9,12-13,16-18,31,33,35H,3-8,10-11H2,1-2H3,(H,27,28,36)/t16-,17-,18-,23-,24-,25-,26-/m0/s1. The number of carbonyl (C=O) groups is 2. The Kier molecular flexibility index (Phi) is 5.10. The van der Waals surface area contributed by atoms with Crippen LogP contribution in [-0.4, -0.2) is 64.7 Å². The maximum Gasteiger partial charge on any atom is 0.190 e. The maximum atomic E-state index is 12.8. The van der Waals surface area contributed by atoms with Crippen LogP contribution in [0.3, 0.4) is 0 Å². The minimum absolute atomic E-state index is 0.0836. The Morgan fingerprint density at radius 1 is 1.22 bits per heavy atom. The molecule has 10 heteroatoms. The molecule has 0 amide bonds. The van der Waals surface area contributed by atoms with Gasteiger partial charge in [0.05, 0.1) is 24.3 Å². The molecule has 0 bridgehead atoms. The van der Waals surface area contributed by atoms with Gasteiger partial charge in [-0.3, -0.25) is 9.59 Å². The number of allylic oxidation sites excluding steroid dienone is 1. The zero-order chi connectivity index (χ0) is 25.7. The number of Topliss-reactive ketones (excluding diaryl/α,β-unsaturated/α-hetero) is 1. The first-order valence-corrected chi connectivity index (χ1v) is 13.1. The van der Waals surface area contributed by atoms with Gasteiger partial charge in [-0.25, -0.2) is 9.97 Å². The second kappa shape index (κ2) is 7.63. The summed E-state index contributed by atoms with van der Waals surface area (Å²) in [5, 5.41) is 33.7. The van der Waals surface area contributed by atoms with Crippen LogP contribution in [0, 0.1) is 27.3 Å². The summed E-state index contributed by atoms with van der Waals surface area (Å²) in [6.45, 7) is 3.31. The predicted molar refractivity (Wildman–Crippen MR) is 132 cm³/mol. The number of aromatic nitrogens is 4. The lowest BCUT2D eigenvalue weighted by atomic mass is 9.41. The fraction of sp³-hybridized carbons (Fsp3) is 0.654. The molecule has 4 aliphatic rings. The monoisotopic (exact) mass is 512 g/mol. The Labute approximate surface area is 213 Å². The number of H-pyrrole nitrogens is 1. The van der Waals surface area contributed by atoms with Gasteiger partial charge in [0.25, 0.3) is 0 Å². The van der Waals surface area contributed by atoms with E-state index in [1.165, 1.54) is 6.33 Å². The number of carbonyl (C=O) groups excluding carboxylic acids is 2. The van der Waals surface area contributed by atoms with E-state index < -0.39 is 40.5 Å². The molecular weight excluding hydrogens is 480 g/mol. The van der Waals surface area contributed by atoms with Crippen LogP contribution in [0.25, 0.3) is 11.2 Å². The van der Waals surface area contributed by atoms with E-state index in [0.717, 1.165) is 5.57 Å². The minimum atomic E-state index is -1.69. The molecule has 2 aromatic rings. The van der Waals surface area contributed by atoms with Crippen molar-refractivity contribution in [3.8, 4) is 0 Å². The minimum Gasteiger partial charge on any atom is -0.391 e. The summed E-state index contributed by atoms with van der Waals surface area (Å²) in [7, 11) is 0. The fourth-order valence-electron chi connectivity index (χ4n) is 8.96. The van der Waals surface area contributed by atoms with Crippen molar-refractivity contribution in [2.75, 3.05) is 6.61 Å². The highest BCUT2D eigenvalue weighted by molar-refractivity contribution is 7.71. The summed E-state index contributed by atoms with van der Waals surface area (Å²) in [6.07, 6.45) is 7.48. The molecule has 0 unspecified atom stereocenters. The molecule has 0 spiro atoms. The van der Waals surface area contributed by atoms with Crippen LogP contribution in [0.5, 0.6) is 0 Å². The first kappa shape index (κ1) is 24.1. The van der Waals surface area contributed by atoms with Gasteiger partial charge in [0.15, 0.2) is 16.2 Å². The molecule has 192 valence electrons. The van der Waals surface area contributed by atoms with Crippen LogP contribution in [-0.2, 0) is 15.1 Å². The number of aliphatic hydroxyl groups is 3. The molecule has 9 nitrogen and oxygen atoms in total. The van der Waals surface area contributed by atoms with E-state index in [9.17, 15) is 24.9 Å². The van der Waals surface area contributed by atoms with Crippen molar-refractivity contribution in [2.24, 2.45) is 22.7 Å². The summed E-state index contributed by atoms with van der Waals surface area (Å²) < 4.78 is 2.40. The Bertz CT molecular complexity index is 1380. The topological polar surface area (TPSA) is 141 Å². The number of ketones is 2. The van der Waals surface area contributed by atoms with Crippen molar-refractivity contribution >= 4 is 34.9 Å². The lowest BCUT2D eigenvalue weighted by molar-refractivity contribution is -0.211. The van der Waals surface area contributed by atoms with Gasteiger partial charge in [0.1, 0.15) is 23.4 Å². The third kappa shape index (κ3) is 2.63. The number of nitrogens with one attached hydrogen (secondary N) is 1. The number of hydrogen-bond donors (Lipinski definition) is 4. The first-order valence-electron chi connectivity index (χ1n) is 12.7. The zero-order valence-electron chi connectivity index (χ0n) is 20.5. The summed E-state index contributed by atoms with van der Waals surface area (Å²) in [5.41, 5.74) is -1.78. The number of imidazole rings is 1. The van der Waals surface area contributed by atoms with E-state index in [-0.39, 0.29) is 30.5 Å². The molecule has 0 saturated heterocycles. The van der Waals surface area contributed by atoms with Gasteiger partial charge in [-0.2, -0.15) is 0 Å². The zero-order valence-corrected chi connectivity index (χ0v) is 21.3. The van der Waals surface area contributed by atoms with E-state index in [0.29, 0.717) is 47.9 Å². The number of rotatable bonds is 3. The van der Waals surface area contributed by atoms with Crippen molar-refractivity contribution < 1.29 is 24.9 Å². The van der Waals surface area contributed by atoms with Crippen LogP contribution in [0.4, 0.5) is 0 Å². The Morgan fingerprint density at radius 2 is 2.00 bits per heavy atom. The second-order valence-electron chi connectivity index (χ2n) is 11.7. The highest BCUT2D eigenvalue weighted by Crippen LogP contribution is 2.71. The van der Waals surface area contributed by atoms with Crippen LogP contribution < -0.4 is 0 Å². The maximum absolute atomic E-state index is 12.8. The molecule has 3 fully saturated rings. The third-order valence-electron chi connectivity index (χ3n) is 10.6. The molecule has 4 N–H and O–H groups in total. The average Bonchev–Trinajstić information content (AvgIpc) is 3.39. The van der Waals surface area contributed by atoms with Gasteiger partial charge in [0, 0.05) is 17.3 Å². The molecule has 7 atom stereocenters. The van der Waals surface area contributed by atoms with E-state index >= 15 is 0 Å². The van der Waals surface area contributed by atoms with Crippen LogP contribution in [0.15, 0.2) is 24.3 Å². The van der Waals surface area contributed by atoms with Crippen LogP contribution >= 0.6 is 12.2 Å². The second-order valence-corrected chi connectivity index (χ2v) is 12.1. The number of aromatic amines is 1. The van der Waals surface area contributed by atoms with E-state index in [1.807, 2.05) is 11.5 Å². The third-order valence-corrected chi connectivity index (χ3v) is 10.9. The summed E-state index contributed by atoms with van der Waals surface area (Å²) in [4.78, 5) is 37.3. The van der Waals surface area contributed by atoms with Crippen molar-refractivity contribution in [2.45, 2.75) is 76.0 Å². The summed E-state index contributed by atoms with van der Waals surface area (Å²) in [5.74, 6) is -0.676. The Balaban J connectivity index is 1.64. The van der Waals surface area contributed by atoms with Crippen molar-refractivity contribution in [1.82, 2.24) is 19.5 Å². The lowest BCUT2D eigenvalue weighted by Gasteiger charge is -2.67. The molecule has 4 aliphatic carbocycles. The SMILES string of the molecule is C[C@]12CCC(=O)C=C1CC[C@H]1[C@@H]3CC[C@](O)(C(=O)CO)[C@@]3(C)C[C@H](O)[C@@]12n1cnc2c(=S)nc[nH]c21. The van der Waals surface area contributed by atoms with Gasteiger partial charge in [-0.15, -0.1) is 0 Å². The number of hydrogen-bond acceptors (Lipinski definition) is 8. The molecule has 36 heavy (non-hydrogen) atoms. The first-order chi connectivity index (χ1) is 17.0. The van der Waals surface area contributed by atoms with Gasteiger partial charge >= 0.3 is 0 Å². The van der Waals surface area contributed by atoms with Gasteiger partial charge in [-0.05, 0) is 56.4 Å². The van der Waals surface area contributed by atoms with Crippen LogP contribution in [0.1, 0.15) is 58.8 Å². The molecule has 0 radical (unpaired) electrons. The van der Waals surface area contributed by atoms with Crippen molar-refractivity contribution in [1.29, 1.82) is 0 Å². The largest absolute Gasteiger partial charge is 0.391 e. The summed E-state index contributed by atoms with van der Waals surface area (Å²) >= 11 is 5.45. The van der Waals surface area contributed by atoms with Crippen LogP contribution in [0.2, 0.25) is 0 Å². The van der Waals surface area contributed by atoms with Crippen molar-refractivity contribution in [3.63, 3.8) is 0 Å². The molecule has 6 rings (SSSR count). The number of aliphatic hydroxyl groups excluding tert-OH is 2. The molecular formula is C26H32N4O5S. The lowest BCUT2D eigenvalue weighted by Crippen LogP contribution is -2.71. The average molecular weight is 513 g/mol. The molecule has 0 aromatic carbocycles. The Morgan fingerprint density at radius 3 is 2.75 bits per heavy atom. The molecule has 2 aromatic heterocycles. The normalized spacial score (nSPS) is 42.0. The van der Waals surface area contributed by atoms with E-state index in [1.54, 1.807) is 12.4 Å². The molecule has 0 aliphatic heterocycles. The van der Waals surface area contributed by atoms with Gasteiger partial charge < -0.3 is 24.9 Å². The van der Waals surface area contributed by atoms with Gasteiger partial charge in [-0.1, -0.05) is 31.6 Å². The highest BCUT2D eigenvalue weighted by atomic mass is 32.1. The smallest absolute Gasteiger partial charge is 0.190 e.